The van der Waals surface area contributed by atoms with E-state index in [4.69, 9.17) is 9.47 Å². The van der Waals surface area contributed by atoms with Crippen LogP contribution in [0.25, 0.3) is 0 Å². The van der Waals surface area contributed by atoms with E-state index in [0.29, 0.717) is 5.91 Å². The lowest BCUT2D eigenvalue weighted by Gasteiger charge is -2.31. The number of nitrogens with zero attached hydrogens (tertiary/aromatic N) is 1. The van der Waals surface area contributed by atoms with Crippen molar-refractivity contribution in [2.24, 2.45) is 5.92 Å². The summed E-state index contributed by atoms with van der Waals surface area (Å²) in [5, 5.41) is 3.33. The summed E-state index contributed by atoms with van der Waals surface area (Å²) >= 11 is 0. The van der Waals surface area contributed by atoms with Gasteiger partial charge in [-0.05, 0) is 56.5 Å². The molecule has 2 aliphatic heterocycles. The average molecular weight is 355 g/mol. The molecule has 2 aliphatic rings. The number of benzene rings is 1. The summed E-state index contributed by atoms with van der Waals surface area (Å²) in [6, 6.07) is 6.16. The van der Waals surface area contributed by atoms with Crippen molar-refractivity contribution in [1.29, 1.82) is 0 Å². The van der Waals surface area contributed by atoms with Gasteiger partial charge in [-0.3, -0.25) is 4.79 Å². The van der Waals surface area contributed by atoms with Crippen molar-refractivity contribution >= 4 is 18.3 Å². The van der Waals surface area contributed by atoms with Crippen LogP contribution in [0.4, 0.5) is 0 Å². The standard InChI is InChI=1S/C18H26N2O3.ClH/c1-22-16-6-5-14(12-17(16)23-2)15-4-3-11-20(15)18(21)13-7-9-19-10-8-13;/h5-6,12-13,15,19H,3-4,7-11H2,1-2H3;1H. The highest BCUT2D eigenvalue weighted by Crippen LogP contribution is 2.38. The van der Waals surface area contributed by atoms with Gasteiger partial charge in [0.15, 0.2) is 11.5 Å². The topological polar surface area (TPSA) is 50.8 Å². The lowest BCUT2D eigenvalue weighted by atomic mass is 9.95. The van der Waals surface area contributed by atoms with Crippen LogP contribution in [-0.2, 0) is 4.79 Å². The summed E-state index contributed by atoms with van der Waals surface area (Å²) in [5.41, 5.74) is 1.14. The summed E-state index contributed by atoms with van der Waals surface area (Å²) in [6.07, 6.45) is 3.99. The number of nitrogens with one attached hydrogen (secondary N) is 1. The first-order valence-corrected chi connectivity index (χ1v) is 8.47. The SMILES string of the molecule is COc1ccc(C2CCCN2C(=O)C2CCNCC2)cc1OC.Cl. The number of hydrogen-bond acceptors (Lipinski definition) is 4. The molecule has 6 heteroatoms. The molecule has 3 rings (SSSR count). The number of amides is 1. The fourth-order valence-corrected chi connectivity index (χ4v) is 3.74. The Labute approximate surface area is 150 Å². The maximum atomic E-state index is 12.9. The Morgan fingerprint density at radius 1 is 1.12 bits per heavy atom. The smallest absolute Gasteiger partial charge is 0.226 e. The highest BCUT2D eigenvalue weighted by atomic mass is 35.5. The van der Waals surface area contributed by atoms with Gasteiger partial charge >= 0.3 is 0 Å². The van der Waals surface area contributed by atoms with E-state index in [2.05, 4.69) is 16.3 Å². The number of piperidine rings is 1. The third-order valence-electron chi connectivity index (χ3n) is 5.02. The van der Waals surface area contributed by atoms with Gasteiger partial charge in [-0.15, -0.1) is 12.4 Å². The Balaban J connectivity index is 0.00000208. The second kappa shape index (κ2) is 8.58. The first-order valence-electron chi connectivity index (χ1n) is 8.47. The number of hydrogen-bond donors (Lipinski definition) is 1. The second-order valence-corrected chi connectivity index (χ2v) is 6.33. The van der Waals surface area contributed by atoms with Crippen LogP contribution >= 0.6 is 12.4 Å². The van der Waals surface area contributed by atoms with Crippen LogP contribution in [0, 0.1) is 5.92 Å². The van der Waals surface area contributed by atoms with E-state index in [1.165, 1.54) is 0 Å². The predicted molar refractivity (Wildman–Crippen MR) is 96.1 cm³/mol. The second-order valence-electron chi connectivity index (χ2n) is 6.33. The van der Waals surface area contributed by atoms with Gasteiger partial charge in [-0.1, -0.05) is 6.07 Å². The number of likely N-dealkylation sites (tertiary alicyclic amines) is 1. The zero-order valence-corrected chi connectivity index (χ0v) is 15.2. The number of methoxy groups -OCH3 is 2. The Hall–Kier alpha value is -1.46. The monoisotopic (exact) mass is 354 g/mol. The van der Waals surface area contributed by atoms with E-state index in [1.54, 1.807) is 14.2 Å². The van der Waals surface area contributed by atoms with E-state index in [-0.39, 0.29) is 24.4 Å². The van der Waals surface area contributed by atoms with Crippen LogP contribution in [0.1, 0.15) is 37.3 Å². The molecule has 1 aromatic rings. The maximum Gasteiger partial charge on any atom is 0.226 e. The molecule has 1 amide bonds. The molecule has 0 saturated carbocycles. The minimum atomic E-state index is 0. The van der Waals surface area contributed by atoms with Crippen molar-refractivity contribution in [2.45, 2.75) is 31.7 Å². The molecule has 24 heavy (non-hydrogen) atoms. The van der Waals surface area contributed by atoms with Gasteiger partial charge < -0.3 is 19.7 Å². The third-order valence-corrected chi connectivity index (χ3v) is 5.02. The van der Waals surface area contributed by atoms with Crippen LogP contribution in [0.5, 0.6) is 11.5 Å². The van der Waals surface area contributed by atoms with E-state index in [1.807, 2.05) is 12.1 Å². The molecule has 1 N–H and O–H groups in total. The molecular formula is C18H27ClN2O3. The molecule has 2 fully saturated rings. The molecule has 2 heterocycles. The summed E-state index contributed by atoms with van der Waals surface area (Å²) < 4.78 is 10.7. The zero-order chi connectivity index (χ0) is 16.2. The molecule has 5 nitrogen and oxygen atoms in total. The van der Waals surface area contributed by atoms with E-state index in [0.717, 1.165) is 62.4 Å². The lowest BCUT2D eigenvalue weighted by Crippen LogP contribution is -2.40. The normalized spacial score (nSPS) is 21.2. The summed E-state index contributed by atoms with van der Waals surface area (Å²) in [4.78, 5) is 15.0. The molecule has 0 radical (unpaired) electrons. The number of ether oxygens (including phenoxy) is 2. The van der Waals surface area contributed by atoms with E-state index >= 15 is 0 Å². The Morgan fingerprint density at radius 3 is 2.50 bits per heavy atom. The molecule has 1 aromatic carbocycles. The molecule has 0 aromatic heterocycles. The quantitative estimate of drug-likeness (QED) is 0.903. The number of rotatable bonds is 4. The van der Waals surface area contributed by atoms with Crippen LogP contribution < -0.4 is 14.8 Å². The zero-order valence-electron chi connectivity index (χ0n) is 14.4. The highest BCUT2D eigenvalue weighted by molar-refractivity contribution is 5.85. The highest BCUT2D eigenvalue weighted by Gasteiger charge is 2.34. The van der Waals surface area contributed by atoms with Crippen molar-refractivity contribution in [3.8, 4) is 11.5 Å². The van der Waals surface area contributed by atoms with E-state index < -0.39 is 0 Å². The number of halogens is 1. The maximum absolute atomic E-state index is 12.9. The van der Waals surface area contributed by atoms with Crippen molar-refractivity contribution in [2.75, 3.05) is 33.9 Å². The van der Waals surface area contributed by atoms with Crippen molar-refractivity contribution < 1.29 is 14.3 Å². The summed E-state index contributed by atoms with van der Waals surface area (Å²) in [6.45, 7) is 2.76. The Morgan fingerprint density at radius 2 is 1.83 bits per heavy atom. The van der Waals surface area contributed by atoms with Gasteiger partial charge in [0.1, 0.15) is 0 Å². The van der Waals surface area contributed by atoms with Crippen LogP contribution in [0.3, 0.4) is 0 Å². The Kier molecular flexibility index (Phi) is 6.75. The first kappa shape index (κ1) is 18.9. The van der Waals surface area contributed by atoms with Gasteiger partial charge in [0.05, 0.1) is 20.3 Å². The van der Waals surface area contributed by atoms with Crippen LogP contribution in [0.2, 0.25) is 0 Å². The minimum Gasteiger partial charge on any atom is -0.493 e. The molecular weight excluding hydrogens is 328 g/mol. The van der Waals surface area contributed by atoms with Gasteiger partial charge in [-0.25, -0.2) is 0 Å². The average Bonchev–Trinajstić information content (AvgIpc) is 3.10. The summed E-state index contributed by atoms with van der Waals surface area (Å²) in [5.74, 6) is 1.96. The minimum absolute atomic E-state index is 0. The largest absolute Gasteiger partial charge is 0.493 e. The molecule has 0 aliphatic carbocycles. The van der Waals surface area contributed by atoms with Gasteiger partial charge in [0.25, 0.3) is 0 Å². The fraction of sp³-hybridized carbons (Fsp3) is 0.611. The molecule has 1 atom stereocenters. The fourth-order valence-electron chi connectivity index (χ4n) is 3.74. The van der Waals surface area contributed by atoms with Gasteiger partial charge in [0.2, 0.25) is 5.91 Å². The van der Waals surface area contributed by atoms with E-state index in [9.17, 15) is 4.79 Å². The Bertz CT molecular complexity index is 561. The third kappa shape index (κ3) is 3.78. The lowest BCUT2D eigenvalue weighted by molar-refractivity contribution is -0.137. The molecule has 1 unspecified atom stereocenters. The van der Waals surface area contributed by atoms with Crippen molar-refractivity contribution in [3.63, 3.8) is 0 Å². The van der Waals surface area contributed by atoms with Gasteiger partial charge in [0, 0.05) is 12.5 Å². The molecule has 0 spiro atoms. The molecule has 0 bridgehead atoms. The van der Waals surface area contributed by atoms with Crippen LogP contribution in [-0.4, -0.2) is 44.7 Å². The summed E-state index contributed by atoms with van der Waals surface area (Å²) in [7, 11) is 3.29. The van der Waals surface area contributed by atoms with Crippen molar-refractivity contribution in [1.82, 2.24) is 10.2 Å². The van der Waals surface area contributed by atoms with Crippen LogP contribution in [0.15, 0.2) is 18.2 Å². The number of carbonyl (C=O) groups excluding carboxylic acids is 1. The van der Waals surface area contributed by atoms with Crippen molar-refractivity contribution in [3.05, 3.63) is 23.8 Å². The predicted octanol–water partition coefficient (Wildman–Crippen LogP) is 2.79. The molecule has 134 valence electrons. The molecule has 2 saturated heterocycles. The van der Waals surface area contributed by atoms with Gasteiger partial charge in [-0.2, -0.15) is 0 Å². The first-order chi connectivity index (χ1) is 11.2. The number of carbonyl (C=O) groups is 1.